The zero-order valence-electron chi connectivity index (χ0n) is 15.1. The highest BCUT2D eigenvalue weighted by Crippen LogP contribution is 2.28. The van der Waals surface area contributed by atoms with Crippen LogP contribution in [0.25, 0.3) is 0 Å². The lowest BCUT2D eigenvalue weighted by Crippen LogP contribution is -2.33. The van der Waals surface area contributed by atoms with Crippen molar-refractivity contribution >= 4 is 0 Å². The van der Waals surface area contributed by atoms with Crippen LogP contribution >= 0.6 is 0 Å². The van der Waals surface area contributed by atoms with Gasteiger partial charge in [-0.3, -0.25) is 0 Å². The van der Waals surface area contributed by atoms with Crippen molar-refractivity contribution in [1.82, 2.24) is 10.2 Å². The molecule has 1 fully saturated rings. The number of aliphatic hydroxyl groups excluding tert-OH is 1. The zero-order chi connectivity index (χ0) is 17.0. The van der Waals surface area contributed by atoms with E-state index in [-0.39, 0.29) is 6.61 Å². The molecule has 4 heteroatoms. The molecule has 0 unspecified atom stereocenters. The van der Waals surface area contributed by atoms with E-state index < -0.39 is 0 Å². The molecule has 0 radical (unpaired) electrons. The van der Waals surface area contributed by atoms with Gasteiger partial charge in [0.05, 0.1) is 19.8 Å². The Kier molecular flexibility index (Phi) is 9.36. The van der Waals surface area contributed by atoms with Gasteiger partial charge in [0.2, 0.25) is 0 Å². The van der Waals surface area contributed by atoms with Gasteiger partial charge in [-0.05, 0) is 56.7 Å². The Hall–Kier alpha value is -0.940. The van der Waals surface area contributed by atoms with E-state index in [4.69, 9.17) is 9.84 Å². The molecule has 0 aliphatic heterocycles. The summed E-state index contributed by atoms with van der Waals surface area (Å²) in [6.45, 7) is 5.73. The van der Waals surface area contributed by atoms with Gasteiger partial charge in [-0.25, -0.2) is 0 Å². The van der Waals surface area contributed by atoms with Crippen LogP contribution < -0.4 is 5.32 Å². The maximum absolute atomic E-state index is 8.97. The number of nitrogens with zero attached hydrogens (tertiary/aromatic N) is 1. The summed E-state index contributed by atoms with van der Waals surface area (Å²) in [5, 5.41) is 12.5. The van der Waals surface area contributed by atoms with Crippen LogP contribution in [-0.2, 0) is 11.3 Å². The molecule has 1 aliphatic rings. The molecule has 0 amide bonds. The van der Waals surface area contributed by atoms with Crippen LogP contribution in [0.4, 0.5) is 0 Å². The first kappa shape index (κ1) is 19.4. The van der Waals surface area contributed by atoms with Crippen LogP contribution in [0.15, 0.2) is 30.3 Å². The summed E-state index contributed by atoms with van der Waals surface area (Å²) in [4.78, 5) is 2.26. The summed E-state index contributed by atoms with van der Waals surface area (Å²) in [5.41, 5.74) is 1.24. The Bertz CT molecular complexity index is 419. The molecule has 4 nitrogen and oxygen atoms in total. The zero-order valence-corrected chi connectivity index (χ0v) is 15.1. The quantitative estimate of drug-likeness (QED) is 0.611. The van der Waals surface area contributed by atoms with Gasteiger partial charge in [-0.1, -0.05) is 30.3 Å². The van der Waals surface area contributed by atoms with E-state index >= 15 is 0 Å². The van der Waals surface area contributed by atoms with E-state index in [1.807, 2.05) is 6.07 Å². The van der Waals surface area contributed by atoms with Crippen molar-refractivity contribution in [2.75, 3.05) is 46.4 Å². The topological polar surface area (TPSA) is 44.7 Å². The average molecular weight is 335 g/mol. The predicted octanol–water partition coefficient (Wildman–Crippen LogP) is 2.52. The number of likely N-dealkylation sites (N-methyl/N-ethyl adjacent to an activating group) is 1. The van der Waals surface area contributed by atoms with Gasteiger partial charge in [0.25, 0.3) is 0 Å². The molecule has 0 heterocycles. The molecule has 1 aliphatic carbocycles. The smallest absolute Gasteiger partial charge is 0.0717 e. The van der Waals surface area contributed by atoms with Gasteiger partial charge < -0.3 is 20.1 Å². The molecule has 0 spiro atoms. The number of benzene rings is 1. The lowest BCUT2D eigenvalue weighted by Gasteiger charge is -2.31. The van der Waals surface area contributed by atoms with E-state index in [0.29, 0.717) is 6.61 Å². The van der Waals surface area contributed by atoms with Crippen LogP contribution in [0, 0.1) is 11.8 Å². The highest BCUT2D eigenvalue weighted by molar-refractivity contribution is 5.13. The molecule has 1 saturated carbocycles. The summed E-state index contributed by atoms with van der Waals surface area (Å²) in [6.07, 6.45) is 5.31. The van der Waals surface area contributed by atoms with Gasteiger partial charge in [0.1, 0.15) is 0 Å². The van der Waals surface area contributed by atoms with Crippen molar-refractivity contribution in [3.8, 4) is 0 Å². The molecular weight excluding hydrogens is 300 g/mol. The van der Waals surface area contributed by atoms with E-state index in [1.54, 1.807) is 0 Å². The molecule has 24 heavy (non-hydrogen) atoms. The number of hydrogen-bond donors (Lipinski definition) is 2. The molecule has 1 aromatic rings. The molecule has 0 aromatic heterocycles. The molecule has 1 aromatic carbocycles. The minimum Gasteiger partial charge on any atom is -0.395 e. The molecule has 2 N–H and O–H groups in total. The highest BCUT2D eigenvalue weighted by atomic mass is 16.5. The second-order valence-corrected chi connectivity index (χ2v) is 7.11. The third-order valence-electron chi connectivity index (χ3n) is 4.99. The summed E-state index contributed by atoms with van der Waals surface area (Å²) < 4.78 is 5.70. The predicted molar refractivity (Wildman–Crippen MR) is 99.0 cm³/mol. The fourth-order valence-electron chi connectivity index (χ4n) is 3.54. The van der Waals surface area contributed by atoms with Crippen molar-refractivity contribution in [3.63, 3.8) is 0 Å². The first-order valence-electron chi connectivity index (χ1n) is 9.39. The molecule has 2 rings (SSSR count). The van der Waals surface area contributed by atoms with Crippen molar-refractivity contribution < 1.29 is 9.84 Å². The van der Waals surface area contributed by atoms with Gasteiger partial charge in [0, 0.05) is 19.6 Å². The van der Waals surface area contributed by atoms with E-state index in [9.17, 15) is 0 Å². The number of ether oxygens (including phenoxy) is 1. The van der Waals surface area contributed by atoms with E-state index in [0.717, 1.165) is 44.6 Å². The van der Waals surface area contributed by atoms with Crippen LogP contribution in [0.2, 0.25) is 0 Å². The standard InChI is InChI=1S/C20H34N2O2/c1-22(12-13-23)16-19-9-7-18(8-10-19)15-21-11-14-24-17-20-5-3-2-4-6-20/h2-6,18-19,21,23H,7-17H2,1H3. The number of hydrogen-bond acceptors (Lipinski definition) is 4. The monoisotopic (exact) mass is 334 g/mol. The largest absolute Gasteiger partial charge is 0.395 e. The molecule has 0 bridgehead atoms. The lowest BCUT2D eigenvalue weighted by atomic mass is 9.82. The van der Waals surface area contributed by atoms with Gasteiger partial charge in [-0.2, -0.15) is 0 Å². The fourth-order valence-corrected chi connectivity index (χ4v) is 3.54. The van der Waals surface area contributed by atoms with E-state index in [1.165, 1.54) is 31.2 Å². The lowest BCUT2D eigenvalue weighted by molar-refractivity contribution is 0.120. The maximum atomic E-state index is 8.97. The third kappa shape index (κ3) is 7.75. The minimum absolute atomic E-state index is 0.266. The summed E-state index contributed by atoms with van der Waals surface area (Å²) >= 11 is 0. The normalized spacial score (nSPS) is 21.3. The first-order chi connectivity index (χ1) is 11.8. The summed E-state index contributed by atoms with van der Waals surface area (Å²) in [6, 6.07) is 10.3. The minimum atomic E-state index is 0.266. The van der Waals surface area contributed by atoms with Gasteiger partial charge in [-0.15, -0.1) is 0 Å². The number of nitrogens with one attached hydrogen (secondary N) is 1. The molecule has 136 valence electrons. The molecule has 0 saturated heterocycles. The van der Waals surface area contributed by atoms with Crippen molar-refractivity contribution in [1.29, 1.82) is 0 Å². The van der Waals surface area contributed by atoms with Crippen LogP contribution in [0.3, 0.4) is 0 Å². The fraction of sp³-hybridized carbons (Fsp3) is 0.700. The number of rotatable bonds is 11. The van der Waals surface area contributed by atoms with E-state index in [2.05, 4.69) is 41.5 Å². The Labute approximate surface area is 147 Å². The first-order valence-corrected chi connectivity index (χ1v) is 9.39. The Morgan fingerprint density at radius 3 is 2.54 bits per heavy atom. The van der Waals surface area contributed by atoms with Crippen LogP contribution in [0.1, 0.15) is 31.2 Å². The van der Waals surface area contributed by atoms with Crippen LogP contribution in [-0.4, -0.2) is 56.4 Å². The van der Waals surface area contributed by atoms with Crippen molar-refractivity contribution in [3.05, 3.63) is 35.9 Å². The Morgan fingerprint density at radius 1 is 1.12 bits per heavy atom. The van der Waals surface area contributed by atoms with Crippen molar-refractivity contribution in [2.24, 2.45) is 11.8 Å². The highest BCUT2D eigenvalue weighted by Gasteiger charge is 2.21. The number of aliphatic hydroxyl groups is 1. The van der Waals surface area contributed by atoms with Gasteiger partial charge >= 0.3 is 0 Å². The molecular formula is C20H34N2O2. The summed E-state index contributed by atoms with van der Waals surface area (Å²) in [5.74, 6) is 1.63. The average Bonchev–Trinajstić information content (AvgIpc) is 2.60. The Morgan fingerprint density at radius 2 is 1.83 bits per heavy atom. The van der Waals surface area contributed by atoms with Gasteiger partial charge in [0.15, 0.2) is 0 Å². The second-order valence-electron chi connectivity index (χ2n) is 7.11. The SMILES string of the molecule is CN(CCO)CC1CCC(CNCCOCc2ccccc2)CC1. The Balaban J connectivity index is 1.46. The van der Waals surface area contributed by atoms with Crippen molar-refractivity contribution in [2.45, 2.75) is 32.3 Å². The molecule has 0 atom stereocenters. The third-order valence-corrected chi connectivity index (χ3v) is 4.99. The second kappa shape index (κ2) is 11.6. The maximum Gasteiger partial charge on any atom is 0.0717 e. The summed E-state index contributed by atoms with van der Waals surface area (Å²) in [7, 11) is 2.11. The van der Waals surface area contributed by atoms with Crippen LogP contribution in [0.5, 0.6) is 0 Å².